The molecular weight excluding hydrogens is 649 g/mol. The van der Waals surface area contributed by atoms with Crippen molar-refractivity contribution in [3.8, 4) is 0 Å². The van der Waals surface area contributed by atoms with Gasteiger partial charge in [-0.1, -0.05) is 92.7 Å². The lowest BCUT2D eigenvalue weighted by molar-refractivity contribution is -0.120. The van der Waals surface area contributed by atoms with E-state index in [0.717, 1.165) is 53.9 Å². The van der Waals surface area contributed by atoms with Gasteiger partial charge in [-0.05, 0) is 99.7 Å². The van der Waals surface area contributed by atoms with Gasteiger partial charge >= 0.3 is 0 Å². The number of rotatable bonds is 5. The van der Waals surface area contributed by atoms with E-state index in [1.54, 1.807) is 6.08 Å². The summed E-state index contributed by atoms with van der Waals surface area (Å²) in [7, 11) is 0. The lowest BCUT2D eigenvalue weighted by Crippen LogP contribution is -2.45. The first-order valence-corrected chi connectivity index (χ1v) is 18.3. The van der Waals surface area contributed by atoms with Crippen LogP contribution in [-0.4, -0.2) is 67.4 Å². The molecule has 270 valence electrons. The lowest BCUT2D eigenvalue weighted by Gasteiger charge is -2.26. The molecule has 2 N–H and O–H groups in total. The van der Waals surface area contributed by atoms with Crippen LogP contribution < -0.4 is 20.4 Å². The van der Waals surface area contributed by atoms with Gasteiger partial charge in [-0.3, -0.25) is 24.4 Å². The molecule has 6 unspecified atom stereocenters. The van der Waals surface area contributed by atoms with E-state index < -0.39 is 12.1 Å². The van der Waals surface area contributed by atoms with Crippen molar-refractivity contribution in [1.29, 1.82) is 0 Å². The van der Waals surface area contributed by atoms with Crippen molar-refractivity contribution in [3.05, 3.63) is 101 Å². The second-order valence-electron chi connectivity index (χ2n) is 14.8. The highest BCUT2D eigenvalue weighted by Gasteiger charge is 2.38. The molecule has 0 fully saturated rings. The molecule has 0 saturated carbocycles. The smallest absolute Gasteiger partial charge is 0.256 e. The van der Waals surface area contributed by atoms with E-state index in [-0.39, 0.29) is 41.9 Å². The number of benzene rings is 3. The Morgan fingerprint density at radius 2 is 1.31 bits per heavy atom. The maximum absolute atomic E-state index is 12.7. The minimum Gasteiger partial charge on any atom is -0.317 e. The Bertz CT molecular complexity index is 1950. The van der Waals surface area contributed by atoms with E-state index in [0.29, 0.717) is 5.92 Å². The number of nitrogens with zero attached hydrogens (tertiary/aromatic N) is 5. The Kier molecular flexibility index (Phi) is 10.7. The van der Waals surface area contributed by atoms with Gasteiger partial charge in [-0.2, -0.15) is 0 Å². The monoisotopic (exact) mass is 698 g/mol. The number of hydrogen-bond donors (Lipinski definition) is 1. The van der Waals surface area contributed by atoms with Crippen molar-refractivity contribution >= 4 is 60.4 Å². The van der Waals surface area contributed by atoms with E-state index >= 15 is 0 Å². The SMILES string of the molecule is C=NC(CC(C)C)C(=O)N1c2ccccc2CC1C.C=NC1C=Cc2cccc3c2N(C1=O)C(C)C3.CC1Cc2cccc3c2N1C(=O)C(N)C=C3. The van der Waals surface area contributed by atoms with Gasteiger partial charge in [0.05, 0.1) is 11.4 Å². The summed E-state index contributed by atoms with van der Waals surface area (Å²) < 4.78 is 0. The zero-order chi connectivity index (χ0) is 37.3. The molecule has 3 aromatic rings. The molecule has 0 saturated heterocycles. The number of amides is 3. The predicted octanol–water partition coefficient (Wildman–Crippen LogP) is 6.46. The van der Waals surface area contributed by atoms with Gasteiger partial charge in [0.1, 0.15) is 18.1 Å². The molecule has 0 aromatic heterocycles. The number of carbonyl (C=O) groups excluding carboxylic acids is 3. The fraction of sp³-hybridized carbons (Fsp3) is 0.372. The molecule has 52 heavy (non-hydrogen) atoms. The largest absolute Gasteiger partial charge is 0.317 e. The van der Waals surface area contributed by atoms with Gasteiger partial charge in [0.25, 0.3) is 11.8 Å². The number of fused-ring (bicyclic) bond motifs is 1. The topological polar surface area (TPSA) is 112 Å². The molecule has 9 nitrogen and oxygen atoms in total. The molecule has 5 aliphatic heterocycles. The summed E-state index contributed by atoms with van der Waals surface area (Å²) in [5.41, 5.74) is 14.9. The van der Waals surface area contributed by atoms with Crippen LogP contribution in [0.15, 0.2) is 82.8 Å². The Morgan fingerprint density at radius 3 is 1.88 bits per heavy atom. The number of anilines is 3. The van der Waals surface area contributed by atoms with E-state index in [1.165, 1.54) is 16.7 Å². The zero-order valence-corrected chi connectivity index (χ0v) is 30.9. The van der Waals surface area contributed by atoms with Crippen LogP contribution in [0.5, 0.6) is 0 Å². The highest BCUT2D eigenvalue weighted by Crippen LogP contribution is 2.39. The van der Waals surface area contributed by atoms with Gasteiger partial charge in [0.15, 0.2) is 0 Å². The highest BCUT2D eigenvalue weighted by molar-refractivity contribution is 6.06. The molecule has 0 aliphatic carbocycles. The summed E-state index contributed by atoms with van der Waals surface area (Å²) in [6.45, 7) is 17.5. The van der Waals surface area contributed by atoms with Crippen LogP contribution in [0.4, 0.5) is 17.1 Å². The quantitative estimate of drug-likeness (QED) is 0.309. The van der Waals surface area contributed by atoms with Crippen molar-refractivity contribution in [2.24, 2.45) is 21.6 Å². The van der Waals surface area contributed by atoms with Crippen LogP contribution in [0.2, 0.25) is 0 Å². The van der Waals surface area contributed by atoms with Crippen molar-refractivity contribution in [2.45, 2.75) is 96.6 Å². The van der Waals surface area contributed by atoms with Crippen molar-refractivity contribution in [2.75, 3.05) is 14.7 Å². The van der Waals surface area contributed by atoms with E-state index in [9.17, 15) is 14.4 Å². The summed E-state index contributed by atoms with van der Waals surface area (Å²) in [6.07, 6.45) is 11.1. The molecular formula is C43H50N6O3. The second kappa shape index (κ2) is 15.2. The van der Waals surface area contributed by atoms with Crippen LogP contribution in [-0.2, 0) is 33.6 Å². The van der Waals surface area contributed by atoms with Crippen molar-refractivity contribution in [1.82, 2.24) is 0 Å². The Morgan fingerprint density at radius 1 is 0.769 bits per heavy atom. The van der Waals surface area contributed by atoms with E-state index in [2.05, 4.69) is 76.2 Å². The van der Waals surface area contributed by atoms with Gasteiger partial charge in [0, 0.05) is 23.8 Å². The van der Waals surface area contributed by atoms with E-state index in [4.69, 9.17) is 5.73 Å². The van der Waals surface area contributed by atoms with Crippen LogP contribution in [0.1, 0.15) is 68.9 Å². The van der Waals surface area contributed by atoms with Crippen molar-refractivity contribution in [3.63, 3.8) is 0 Å². The standard InChI is InChI=1S/C16H22N2O.C14H14N2O.C13H14N2O/c1-11(2)9-14(17-4)16(19)18-12(3)10-13-7-5-6-8-15(13)18;1-9-8-11-5-3-4-10-6-7-12(15-2)14(17)16(9)13(10)11;1-8-7-10-4-2-3-9-5-6-11(14)13(16)15(8)12(9)10/h5-8,11-12,14H,4,9-10H2,1-3H3;3-7,9,12H,2,8H2,1H3;2-6,8,11H,7,14H2,1H3. The molecule has 9 heteroatoms. The molecule has 5 aliphatic rings. The first kappa shape index (κ1) is 36.6. The zero-order valence-electron chi connectivity index (χ0n) is 30.9. The number of aliphatic imine (C=N–C) groups is 2. The van der Waals surface area contributed by atoms with Gasteiger partial charge in [-0.15, -0.1) is 0 Å². The summed E-state index contributed by atoms with van der Waals surface area (Å²) in [4.78, 5) is 50.7. The highest BCUT2D eigenvalue weighted by atomic mass is 16.2. The molecule has 8 rings (SSSR count). The van der Waals surface area contributed by atoms with Crippen LogP contribution in [0.25, 0.3) is 12.2 Å². The maximum Gasteiger partial charge on any atom is 0.256 e. The first-order chi connectivity index (χ1) is 24.9. The van der Waals surface area contributed by atoms with Crippen molar-refractivity contribution < 1.29 is 14.4 Å². The number of nitrogens with two attached hydrogens (primary N) is 1. The van der Waals surface area contributed by atoms with Gasteiger partial charge in [0.2, 0.25) is 5.91 Å². The van der Waals surface area contributed by atoms with Crippen LogP contribution in [0, 0.1) is 5.92 Å². The van der Waals surface area contributed by atoms with Crippen LogP contribution in [0.3, 0.4) is 0 Å². The Balaban J connectivity index is 0.000000134. The third-order valence-electron chi connectivity index (χ3n) is 10.5. The summed E-state index contributed by atoms with van der Waals surface area (Å²) >= 11 is 0. The summed E-state index contributed by atoms with van der Waals surface area (Å²) in [5, 5.41) is 0. The van der Waals surface area contributed by atoms with Gasteiger partial charge < -0.3 is 20.4 Å². The second-order valence-corrected chi connectivity index (χ2v) is 14.8. The number of carbonyl (C=O) groups is 3. The molecule has 5 heterocycles. The number of hydrogen-bond acceptors (Lipinski definition) is 6. The molecule has 6 atom stereocenters. The third kappa shape index (κ3) is 6.89. The fourth-order valence-corrected chi connectivity index (χ4v) is 8.09. The van der Waals surface area contributed by atoms with Crippen LogP contribution >= 0.6 is 0 Å². The molecule has 3 amide bonds. The Hall–Kier alpha value is -5.15. The minimum absolute atomic E-state index is 0.00690. The normalized spacial score (nSPS) is 23.8. The molecule has 0 radical (unpaired) electrons. The van der Waals surface area contributed by atoms with E-state index in [1.807, 2.05) is 75.4 Å². The number of para-hydroxylation sites is 3. The minimum atomic E-state index is -0.513. The first-order valence-electron chi connectivity index (χ1n) is 18.3. The lowest BCUT2D eigenvalue weighted by atomic mass is 10.0. The maximum atomic E-state index is 12.7. The fourth-order valence-electron chi connectivity index (χ4n) is 8.09. The summed E-state index contributed by atoms with van der Waals surface area (Å²) in [6, 6.07) is 19.8. The molecule has 3 aromatic carbocycles. The average Bonchev–Trinajstić information content (AvgIpc) is 3.71. The molecule has 0 bridgehead atoms. The Labute approximate surface area is 307 Å². The predicted molar refractivity (Wildman–Crippen MR) is 213 cm³/mol. The molecule has 0 spiro atoms. The third-order valence-corrected chi connectivity index (χ3v) is 10.5. The summed E-state index contributed by atoms with van der Waals surface area (Å²) in [5.74, 6) is 0.564. The van der Waals surface area contributed by atoms with Gasteiger partial charge in [-0.25, -0.2) is 0 Å². The average molecular weight is 699 g/mol.